The molecule has 0 radical (unpaired) electrons. The molecule has 7 bridgehead atoms. The van der Waals surface area contributed by atoms with Crippen LogP contribution in [0.1, 0.15) is 51.4 Å². The van der Waals surface area contributed by atoms with Crippen molar-refractivity contribution in [1.82, 2.24) is 4.90 Å². The first-order valence-electron chi connectivity index (χ1n) is 17.2. The van der Waals surface area contributed by atoms with Gasteiger partial charge in [0.2, 0.25) is 0 Å². The lowest BCUT2D eigenvalue weighted by molar-refractivity contribution is -0.273. The molecule has 14 atom stereocenters. The molecule has 2 saturated heterocycles. The highest BCUT2D eigenvalue weighted by Gasteiger charge is 2.94. The molecule has 1 aromatic carbocycles. The second kappa shape index (κ2) is 11.7. The zero-order valence-electron chi connectivity index (χ0n) is 29.2. The smallest absolute Gasteiger partial charge is 0.338 e. The van der Waals surface area contributed by atoms with E-state index in [1.807, 2.05) is 11.0 Å². The number of hydrogen-bond donors (Lipinski definition) is 2. The first kappa shape index (κ1) is 35.3. The second-order valence-electron chi connectivity index (χ2n) is 15.8. The van der Waals surface area contributed by atoms with E-state index in [9.17, 15) is 39.0 Å². The Kier molecular flexibility index (Phi) is 8.08. The molecular weight excluding hydrogens is 666 g/mol. The topological polar surface area (TPSA) is 192 Å². The van der Waals surface area contributed by atoms with Gasteiger partial charge >= 0.3 is 23.9 Å². The lowest BCUT2D eigenvalue weighted by atomic mass is 9.39. The third kappa shape index (κ3) is 4.51. The number of rotatable bonds is 10. The number of hydrogen-bond acceptors (Lipinski definition) is 14. The summed E-state index contributed by atoms with van der Waals surface area (Å²) in [6.45, 7) is 6.50. The summed E-state index contributed by atoms with van der Waals surface area (Å²) in [5.74, 6) is -6.26. The third-order valence-corrected chi connectivity index (χ3v) is 12.8. The molecule has 2 heterocycles. The Bertz CT molecular complexity index is 1700. The summed E-state index contributed by atoms with van der Waals surface area (Å²) in [5.41, 5.74) is -5.24. The van der Waals surface area contributed by atoms with Gasteiger partial charge in [-0.3, -0.25) is 19.3 Å². The Labute approximate surface area is 294 Å². The van der Waals surface area contributed by atoms with Crippen LogP contribution in [0.4, 0.5) is 0 Å². The zero-order chi connectivity index (χ0) is 37.0. The van der Waals surface area contributed by atoms with Crippen molar-refractivity contribution in [2.75, 3.05) is 13.7 Å². The van der Waals surface area contributed by atoms with Crippen LogP contribution in [0.3, 0.4) is 0 Å². The van der Waals surface area contributed by atoms with E-state index in [1.54, 1.807) is 44.3 Å². The Morgan fingerprint density at radius 1 is 0.961 bits per heavy atom. The van der Waals surface area contributed by atoms with Crippen molar-refractivity contribution in [2.24, 2.45) is 39.9 Å². The third-order valence-electron chi connectivity index (χ3n) is 12.8. The fourth-order valence-corrected chi connectivity index (χ4v) is 11.9. The minimum Gasteiger partial charge on any atom is -0.463 e. The highest BCUT2D eigenvalue weighted by Crippen LogP contribution is 2.84. The van der Waals surface area contributed by atoms with Gasteiger partial charge in [-0.1, -0.05) is 31.2 Å². The van der Waals surface area contributed by atoms with Gasteiger partial charge in [-0.15, -0.1) is 0 Å². The molecule has 2 spiro atoms. The molecule has 2 aliphatic heterocycles. The standard InChI is InChI=1S/C37H43NO13/c1-17(42)48-30-21(50-32(44)19-10-8-7-9-11-19)13-35(5,15-40)27-24-31(49-18(2)43)36-12-20(14-39)22-25(51-33(45)34(3,4)46)23(36)29(38(24)6)37(27,30)28(36)26(22)47-16-41/h7-12,15-16,21-31,39,46H,13-14H2,1-6H3/t21-,22-,23+,24+,25-,26+,27+,28+,29+,30+,31-,35-,36-,37+/m0/s1. The fourth-order valence-electron chi connectivity index (χ4n) is 11.9. The number of esters is 4. The summed E-state index contributed by atoms with van der Waals surface area (Å²) in [6.07, 6.45) is -3.12. The number of nitrogens with zero attached hydrogens (tertiary/aromatic N) is 1. The molecule has 51 heavy (non-hydrogen) atoms. The molecule has 2 N–H and O–H groups in total. The summed E-state index contributed by atoms with van der Waals surface area (Å²) < 4.78 is 30.9. The Morgan fingerprint density at radius 3 is 2.18 bits per heavy atom. The maximum absolute atomic E-state index is 13.7. The van der Waals surface area contributed by atoms with Crippen molar-refractivity contribution in [1.29, 1.82) is 0 Å². The van der Waals surface area contributed by atoms with Crippen LogP contribution in [-0.4, -0.2) is 114 Å². The molecule has 0 aromatic heterocycles. The van der Waals surface area contributed by atoms with E-state index in [4.69, 9.17) is 23.7 Å². The summed E-state index contributed by atoms with van der Waals surface area (Å²) in [7, 11) is 1.80. The number of aliphatic hydroxyl groups excluding tert-OH is 1. The number of carbonyl (C=O) groups excluding carboxylic acids is 6. The van der Waals surface area contributed by atoms with Crippen LogP contribution < -0.4 is 0 Å². The fraction of sp³-hybridized carbons (Fsp3) is 0.622. The minimum atomic E-state index is -1.94. The Morgan fingerprint density at radius 2 is 1.61 bits per heavy atom. The van der Waals surface area contributed by atoms with E-state index in [1.165, 1.54) is 27.7 Å². The highest BCUT2D eigenvalue weighted by molar-refractivity contribution is 5.89. The van der Waals surface area contributed by atoms with Crippen LogP contribution in [0.25, 0.3) is 0 Å². The van der Waals surface area contributed by atoms with E-state index in [-0.39, 0.29) is 18.5 Å². The second-order valence-corrected chi connectivity index (χ2v) is 15.8. The monoisotopic (exact) mass is 709 g/mol. The number of aliphatic hydroxyl groups is 2. The van der Waals surface area contributed by atoms with E-state index < -0.39 is 119 Å². The molecular formula is C37H43NO13. The average molecular weight is 710 g/mol. The molecule has 8 aliphatic rings. The maximum Gasteiger partial charge on any atom is 0.338 e. The van der Waals surface area contributed by atoms with E-state index in [0.29, 0.717) is 5.57 Å². The first-order chi connectivity index (χ1) is 24.0. The molecule has 1 aromatic rings. The van der Waals surface area contributed by atoms with E-state index >= 15 is 0 Å². The number of likely N-dealkylation sites (N-methyl/N-ethyl adjacent to an activating group) is 1. The zero-order valence-corrected chi connectivity index (χ0v) is 29.2. The van der Waals surface area contributed by atoms with Crippen LogP contribution in [0.2, 0.25) is 0 Å². The summed E-state index contributed by atoms with van der Waals surface area (Å²) in [6, 6.07) is 6.86. The maximum atomic E-state index is 13.7. The van der Waals surface area contributed by atoms with Crippen molar-refractivity contribution < 1.29 is 62.7 Å². The van der Waals surface area contributed by atoms with Crippen molar-refractivity contribution in [3.05, 3.63) is 47.5 Å². The highest BCUT2D eigenvalue weighted by atomic mass is 16.6. The predicted octanol–water partition coefficient (Wildman–Crippen LogP) is 1.00. The van der Waals surface area contributed by atoms with Gasteiger partial charge in [-0.2, -0.15) is 0 Å². The van der Waals surface area contributed by atoms with E-state index in [2.05, 4.69) is 0 Å². The van der Waals surface area contributed by atoms with Gasteiger partial charge in [-0.05, 0) is 38.6 Å². The van der Waals surface area contributed by atoms with Crippen molar-refractivity contribution in [2.45, 2.75) is 89.2 Å². The number of aldehydes is 1. The van der Waals surface area contributed by atoms with Crippen molar-refractivity contribution >= 4 is 36.6 Å². The number of piperidine rings is 1. The molecule has 6 aliphatic carbocycles. The van der Waals surface area contributed by atoms with Gasteiger partial charge in [0.15, 0.2) is 5.60 Å². The summed E-state index contributed by atoms with van der Waals surface area (Å²) in [5, 5.41) is 21.5. The number of carbonyl (C=O) groups is 6. The lowest BCUT2D eigenvalue weighted by Gasteiger charge is -2.68. The number of benzene rings is 1. The summed E-state index contributed by atoms with van der Waals surface area (Å²) in [4.78, 5) is 81.3. The largest absolute Gasteiger partial charge is 0.463 e. The van der Waals surface area contributed by atoms with Crippen molar-refractivity contribution in [3.8, 4) is 0 Å². The average Bonchev–Trinajstić information content (AvgIpc) is 3.39. The first-order valence-corrected chi connectivity index (χ1v) is 17.2. The van der Waals surface area contributed by atoms with Gasteiger partial charge in [0.05, 0.1) is 24.1 Å². The van der Waals surface area contributed by atoms with Gasteiger partial charge in [-0.25, -0.2) is 9.59 Å². The predicted molar refractivity (Wildman–Crippen MR) is 172 cm³/mol. The van der Waals surface area contributed by atoms with Crippen LogP contribution in [0.5, 0.6) is 0 Å². The molecule has 0 unspecified atom stereocenters. The van der Waals surface area contributed by atoms with Gasteiger partial charge in [0, 0.05) is 60.3 Å². The van der Waals surface area contributed by atoms with Crippen LogP contribution >= 0.6 is 0 Å². The molecule has 14 heteroatoms. The van der Waals surface area contributed by atoms with Crippen LogP contribution in [-0.2, 0) is 47.7 Å². The molecule has 14 nitrogen and oxygen atoms in total. The van der Waals surface area contributed by atoms with Crippen molar-refractivity contribution in [3.63, 3.8) is 0 Å². The van der Waals surface area contributed by atoms with E-state index in [0.717, 1.165) is 6.29 Å². The molecule has 274 valence electrons. The molecule has 6 fully saturated rings. The SMILES string of the molecule is CC(=O)O[C@@H]1[C@@H](OC(=O)c2ccccc2)C[C@@](C)(C=O)[C@H]2[C@@H]3[C@H](OC(C)=O)[C@]45C=C(CO)[C@@H]6[C@@H](OC=O)[C@H]4[C@]12[C@@H]([C@H]5[C@H]6OC(=O)C(C)(C)O)N3C. The normalized spacial score (nSPS) is 42.7. The van der Waals surface area contributed by atoms with Gasteiger partial charge in [0.1, 0.15) is 36.8 Å². The molecule has 4 saturated carbocycles. The van der Waals surface area contributed by atoms with Gasteiger partial charge < -0.3 is 38.7 Å². The Hall–Kier alpha value is -4.14. The molecule has 0 amide bonds. The molecule has 9 rings (SSSR count). The Balaban J connectivity index is 1.53. The summed E-state index contributed by atoms with van der Waals surface area (Å²) >= 11 is 0. The van der Waals surface area contributed by atoms with Crippen LogP contribution in [0.15, 0.2) is 42.0 Å². The minimum absolute atomic E-state index is 0.0504. The van der Waals surface area contributed by atoms with Crippen LogP contribution in [0, 0.1) is 39.9 Å². The quantitative estimate of drug-likeness (QED) is 0.151. The lowest BCUT2D eigenvalue weighted by Crippen LogP contribution is -2.77. The van der Waals surface area contributed by atoms with Gasteiger partial charge in [0.25, 0.3) is 6.47 Å². The number of ether oxygens (including phenoxy) is 5.